The van der Waals surface area contributed by atoms with Gasteiger partial charge in [-0.1, -0.05) is 12.8 Å². The Bertz CT molecular complexity index is 526. The van der Waals surface area contributed by atoms with E-state index in [-0.39, 0.29) is 11.9 Å². The van der Waals surface area contributed by atoms with Crippen molar-refractivity contribution in [1.29, 1.82) is 0 Å². The molecular formula is C17H24O5. The van der Waals surface area contributed by atoms with Crippen LogP contribution < -0.4 is 4.74 Å². The lowest BCUT2D eigenvalue weighted by Crippen LogP contribution is -2.23. The van der Waals surface area contributed by atoms with E-state index in [0.717, 1.165) is 31.2 Å². The van der Waals surface area contributed by atoms with E-state index in [1.807, 2.05) is 0 Å². The van der Waals surface area contributed by atoms with Crippen molar-refractivity contribution in [3.05, 3.63) is 23.3 Å². The Hall–Kier alpha value is -1.75. The molecule has 0 bridgehead atoms. The van der Waals surface area contributed by atoms with E-state index in [1.165, 1.54) is 13.2 Å². The van der Waals surface area contributed by atoms with Crippen LogP contribution in [0.1, 0.15) is 54.9 Å². The molecule has 2 atom stereocenters. The summed E-state index contributed by atoms with van der Waals surface area (Å²) in [4.78, 5) is 12.5. The third-order valence-electron chi connectivity index (χ3n) is 3.99. The predicted molar refractivity (Wildman–Crippen MR) is 82.3 cm³/mol. The van der Waals surface area contributed by atoms with Gasteiger partial charge in [0.25, 0.3) is 0 Å². The van der Waals surface area contributed by atoms with Crippen LogP contribution in [0.25, 0.3) is 0 Å². The molecule has 0 aromatic heterocycles. The Kier molecular flexibility index (Phi) is 5.66. The molecule has 1 aromatic carbocycles. The summed E-state index contributed by atoms with van der Waals surface area (Å²) in [5.41, 5.74) is 1.12. The second-order valence-electron chi connectivity index (χ2n) is 5.89. The van der Waals surface area contributed by atoms with Gasteiger partial charge in [0.05, 0.1) is 13.2 Å². The minimum Gasteiger partial charge on any atom is -0.508 e. The van der Waals surface area contributed by atoms with Crippen LogP contribution in [0.15, 0.2) is 12.1 Å². The SMILES string of the molecule is COc1cc(O)cc2c1C(=O)O[C@@H](C)CC(O)CCCCC2. The number of carbonyl (C=O) groups excluding carboxylic acids is 1. The number of carbonyl (C=O) groups is 1. The molecule has 5 heteroatoms. The maximum absolute atomic E-state index is 12.5. The number of fused-ring (bicyclic) bond motifs is 1. The van der Waals surface area contributed by atoms with Gasteiger partial charge in [0.1, 0.15) is 23.2 Å². The first-order valence-electron chi connectivity index (χ1n) is 7.80. The number of rotatable bonds is 1. The molecule has 0 spiro atoms. The lowest BCUT2D eigenvalue weighted by molar-refractivity contribution is 0.0182. The molecule has 22 heavy (non-hydrogen) atoms. The van der Waals surface area contributed by atoms with Gasteiger partial charge in [-0.3, -0.25) is 0 Å². The number of ether oxygens (including phenoxy) is 2. The number of cyclic esters (lactones) is 1. The number of esters is 1. The number of methoxy groups -OCH3 is 1. The molecule has 122 valence electrons. The molecule has 2 rings (SSSR count). The zero-order valence-corrected chi connectivity index (χ0v) is 13.2. The van der Waals surface area contributed by atoms with Crippen molar-refractivity contribution in [3.8, 4) is 11.5 Å². The van der Waals surface area contributed by atoms with E-state index >= 15 is 0 Å². The number of benzene rings is 1. The summed E-state index contributed by atoms with van der Waals surface area (Å²) in [6.45, 7) is 1.78. The largest absolute Gasteiger partial charge is 0.508 e. The van der Waals surface area contributed by atoms with Crippen LogP contribution in [-0.4, -0.2) is 35.5 Å². The molecule has 1 heterocycles. The number of phenolic OH excluding ortho intramolecular Hbond substituents is 1. The van der Waals surface area contributed by atoms with Crippen LogP contribution in [0.3, 0.4) is 0 Å². The fourth-order valence-corrected chi connectivity index (χ4v) is 2.91. The van der Waals surface area contributed by atoms with E-state index in [1.54, 1.807) is 13.0 Å². The molecular weight excluding hydrogens is 284 g/mol. The number of aliphatic hydroxyl groups excluding tert-OH is 1. The van der Waals surface area contributed by atoms with E-state index in [0.29, 0.717) is 24.2 Å². The van der Waals surface area contributed by atoms with Gasteiger partial charge in [0, 0.05) is 12.5 Å². The summed E-state index contributed by atoms with van der Waals surface area (Å²) in [7, 11) is 1.46. The first-order chi connectivity index (χ1) is 10.5. The molecule has 1 aliphatic rings. The van der Waals surface area contributed by atoms with Gasteiger partial charge < -0.3 is 19.7 Å². The van der Waals surface area contributed by atoms with Crippen molar-refractivity contribution in [1.82, 2.24) is 0 Å². The van der Waals surface area contributed by atoms with Crippen molar-refractivity contribution in [2.45, 2.75) is 57.7 Å². The highest BCUT2D eigenvalue weighted by Gasteiger charge is 2.23. The van der Waals surface area contributed by atoms with E-state index < -0.39 is 12.1 Å². The molecule has 1 aromatic rings. The second kappa shape index (κ2) is 7.49. The molecule has 0 saturated carbocycles. The van der Waals surface area contributed by atoms with Crippen LogP contribution in [-0.2, 0) is 11.2 Å². The van der Waals surface area contributed by atoms with Crippen molar-refractivity contribution in [3.63, 3.8) is 0 Å². The summed E-state index contributed by atoms with van der Waals surface area (Å²) in [6.07, 6.45) is 3.80. The minimum absolute atomic E-state index is 0.0824. The average Bonchev–Trinajstić information content (AvgIpc) is 2.44. The summed E-state index contributed by atoms with van der Waals surface area (Å²) >= 11 is 0. The Morgan fingerprint density at radius 2 is 2.05 bits per heavy atom. The highest BCUT2D eigenvalue weighted by molar-refractivity contribution is 5.94. The lowest BCUT2D eigenvalue weighted by Gasteiger charge is -2.20. The van der Waals surface area contributed by atoms with Crippen LogP contribution in [0.4, 0.5) is 0 Å². The summed E-state index contributed by atoms with van der Waals surface area (Å²) < 4.78 is 10.7. The highest BCUT2D eigenvalue weighted by atomic mass is 16.5. The summed E-state index contributed by atoms with van der Waals surface area (Å²) in [5.74, 6) is -0.0594. The van der Waals surface area contributed by atoms with E-state index in [9.17, 15) is 15.0 Å². The predicted octanol–water partition coefficient (Wildman–Crippen LogP) is 2.81. The minimum atomic E-state index is -0.466. The summed E-state index contributed by atoms with van der Waals surface area (Å²) in [6, 6.07) is 3.02. The topological polar surface area (TPSA) is 76.0 Å². The number of hydrogen-bond donors (Lipinski definition) is 2. The maximum Gasteiger partial charge on any atom is 0.342 e. The number of phenols is 1. The van der Waals surface area contributed by atoms with Gasteiger partial charge in [0.15, 0.2) is 0 Å². The average molecular weight is 308 g/mol. The van der Waals surface area contributed by atoms with Gasteiger partial charge in [0.2, 0.25) is 0 Å². The van der Waals surface area contributed by atoms with Crippen LogP contribution >= 0.6 is 0 Å². The van der Waals surface area contributed by atoms with Crippen LogP contribution in [0.5, 0.6) is 11.5 Å². The molecule has 1 aliphatic heterocycles. The van der Waals surface area contributed by atoms with Crippen molar-refractivity contribution < 1.29 is 24.5 Å². The van der Waals surface area contributed by atoms with Crippen molar-refractivity contribution in [2.75, 3.05) is 7.11 Å². The van der Waals surface area contributed by atoms with Crippen LogP contribution in [0.2, 0.25) is 0 Å². The molecule has 0 fully saturated rings. The molecule has 0 radical (unpaired) electrons. The summed E-state index contributed by atoms with van der Waals surface area (Å²) in [5, 5.41) is 19.7. The molecule has 2 N–H and O–H groups in total. The zero-order chi connectivity index (χ0) is 16.1. The molecule has 0 amide bonds. The second-order valence-corrected chi connectivity index (χ2v) is 5.89. The Morgan fingerprint density at radius 1 is 1.27 bits per heavy atom. The van der Waals surface area contributed by atoms with Crippen molar-refractivity contribution >= 4 is 5.97 Å². The molecule has 1 unspecified atom stereocenters. The quantitative estimate of drug-likeness (QED) is 0.780. The normalized spacial score (nSPS) is 23.7. The lowest BCUT2D eigenvalue weighted by atomic mass is 9.97. The Morgan fingerprint density at radius 3 is 2.77 bits per heavy atom. The van der Waals surface area contributed by atoms with Crippen molar-refractivity contribution in [2.24, 2.45) is 0 Å². The zero-order valence-electron chi connectivity index (χ0n) is 13.2. The van der Waals surface area contributed by atoms with Crippen LogP contribution in [0, 0.1) is 0 Å². The van der Waals surface area contributed by atoms with Gasteiger partial charge in [-0.2, -0.15) is 0 Å². The monoisotopic (exact) mass is 308 g/mol. The van der Waals surface area contributed by atoms with E-state index in [4.69, 9.17) is 9.47 Å². The molecule has 5 nitrogen and oxygen atoms in total. The third kappa shape index (κ3) is 4.13. The molecule has 0 aliphatic carbocycles. The smallest absolute Gasteiger partial charge is 0.342 e. The van der Waals surface area contributed by atoms with Gasteiger partial charge in [-0.05, 0) is 37.8 Å². The number of aryl methyl sites for hydroxylation is 1. The van der Waals surface area contributed by atoms with Gasteiger partial charge in [-0.25, -0.2) is 4.79 Å². The fraction of sp³-hybridized carbons (Fsp3) is 0.588. The van der Waals surface area contributed by atoms with Gasteiger partial charge in [-0.15, -0.1) is 0 Å². The third-order valence-corrected chi connectivity index (χ3v) is 3.99. The first-order valence-corrected chi connectivity index (χ1v) is 7.80. The number of hydrogen-bond acceptors (Lipinski definition) is 5. The first kappa shape index (κ1) is 16.6. The maximum atomic E-state index is 12.5. The van der Waals surface area contributed by atoms with E-state index in [2.05, 4.69) is 0 Å². The standard InChI is InChI=1S/C17H24O5/c1-11-8-13(18)7-5-3-4-6-12-9-14(19)10-15(21-2)16(12)17(20)22-11/h9-11,13,18-19H,3-8H2,1-2H3/t11-,13?/m0/s1. The number of aromatic hydroxyl groups is 1. The van der Waals surface area contributed by atoms with Gasteiger partial charge >= 0.3 is 5.97 Å². The Labute approximate surface area is 130 Å². The number of aliphatic hydroxyl groups is 1. The Balaban J connectivity index is 2.35. The highest BCUT2D eigenvalue weighted by Crippen LogP contribution is 2.31. The fourth-order valence-electron chi connectivity index (χ4n) is 2.91. The molecule has 0 saturated heterocycles.